The van der Waals surface area contributed by atoms with Crippen LogP contribution >= 0.6 is 0 Å². The second-order valence-corrected chi connectivity index (χ2v) is 5.29. The number of carbonyl (C=O) groups excluding carboxylic acids is 1. The first-order valence-electron chi connectivity index (χ1n) is 7.01. The summed E-state index contributed by atoms with van der Waals surface area (Å²) < 4.78 is 0. The van der Waals surface area contributed by atoms with E-state index in [1.54, 1.807) is 24.5 Å². The summed E-state index contributed by atoms with van der Waals surface area (Å²) in [5, 5.41) is 3.04. The summed E-state index contributed by atoms with van der Waals surface area (Å²) in [6, 6.07) is 5.51. The Morgan fingerprint density at radius 2 is 1.90 bits per heavy atom. The Morgan fingerprint density at radius 3 is 2.70 bits per heavy atom. The van der Waals surface area contributed by atoms with Gasteiger partial charge in [-0.3, -0.25) is 14.8 Å². The largest absolute Gasteiger partial charge is 0.348 e. The fourth-order valence-electron chi connectivity index (χ4n) is 2.69. The van der Waals surface area contributed by atoms with Crippen molar-refractivity contribution in [3.8, 4) is 0 Å². The average molecular weight is 270 g/mol. The molecule has 0 radical (unpaired) electrons. The van der Waals surface area contributed by atoms with Crippen LogP contribution in [0.4, 0.5) is 0 Å². The molecule has 0 bridgehead atoms. The van der Waals surface area contributed by atoms with Crippen molar-refractivity contribution in [2.24, 2.45) is 5.73 Å². The third-order valence-electron chi connectivity index (χ3n) is 3.87. The zero-order valence-electron chi connectivity index (χ0n) is 11.2. The maximum absolute atomic E-state index is 12.3. The van der Waals surface area contributed by atoms with Gasteiger partial charge in [-0.2, -0.15) is 0 Å². The van der Waals surface area contributed by atoms with Crippen LogP contribution in [0.1, 0.15) is 36.0 Å². The summed E-state index contributed by atoms with van der Waals surface area (Å²) >= 11 is 0. The highest BCUT2D eigenvalue weighted by atomic mass is 16.1. The number of hydrogen-bond acceptors (Lipinski definition) is 4. The lowest BCUT2D eigenvalue weighted by Gasteiger charge is -2.29. The maximum Gasteiger partial charge on any atom is 0.251 e. The van der Waals surface area contributed by atoms with Gasteiger partial charge < -0.3 is 11.1 Å². The molecular weight excluding hydrogens is 252 g/mol. The van der Waals surface area contributed by atoms with Crippen molar-refractivity contribution in [1.82, 2.24) is 15.3 Å². The fraction of sp³-hybridized carbons (Fsp3) is 0.400. The van der Waals surface area contributed by atoms with E-state index in [0.717, 1.165) is 36.7 Å². The number of hydrogen-bond donors (Lipinski definition) is 2. The Morgan fingerprint density at radius 1 is 1.15 bits per heavy atom. The van der Waals surface area contributed by atoms with Crippen LogP contribution in [0, 0.1) is 0 Å². The third kappa shape index (κ3) is 2.63. The molecule has 3 N–H and O–H groups in total. The highest BCUT2D eigenvalue weighted by molar-refractivity contribution is 5.97. The molecule has 5 nitrogen and oxygen atoms in total. The Hall–Kier alpha value is -2.01. The predicted octanol–water partition coefficient (Wildman–Crippen LogP) is 1.63. The molecule has 20 heavy (non-hydrogen) atoms. The van der Waals surface area contributed by atoms with Gasteiger partial charge in [-0.15, -0.1) is 0 Å². The van der Waals surface area contributed by atoms with Crippen molar-refractivity contribution in [2.75, 3.05) is 0 Å². The minimum atomic E-state index is -0.0834. The van der Waals surface area contributed by atoms with Crippen LogP contribution in [0.15, 0.2) is 30.6 Å². The van der Waals surface area contributed by atoms with Crippen molar-refractivity contribution in [1.29, 1.82) is 0 Å². The predicted molar refractivity (Wildman–Crippen MR) is 77.2 cm³/mol. The quantitative estimate of drug-likeness (QED) is 0.869. The zero-order chi connectivity index (χ0) is 13.9. The van der Waals surface area contributed by atoms with Gasteiger partial charge in [-0.05, 0) is 31.0 Å². The minimum Gasteiger partial charge on any atom is -0.348 e. The van der Waals surface area contributed by atoms with Crippen LogP contribution in [0.2, 0.25) is 0 Å². The van der Waals surface area contributed by atoms with Gasteiger partial charge in [0.2, 0.25) is 0 Å². The van der Waals surface area contributed by atoms with E-state index in [2.05, 4.69) is 15.3 Å². The summed E-state index contributed by atoms with van der Waals surface area (Å²) in [5.41, 5.74) is 8.19. The summed E-state index contributed by atoms with van der Waals surface area (Å²) in [4.78, 5) is 20.7. The molecule has 0 spiro atoms. The zero-order valence-corrected chi connectivity index (χ0v) is 11.2. The minimum absolute atomic E-state index is 0.0629. The van der Waals surface area contributed by atoms with E-state index in [4.69, 9.17) is 5.73 Å². The number of carbonyl (C=O) groups is 1. The number of nitrogens with zero attached hydrogens (tertiary/aromatic N) is 2. The second kappa shape index (κ2) is 5.54. The first-order valence-corrected chi connectivity index (χ1v) is 7.01. The molecule has 1 aliphatic carbocycles. The highest BCUT2D eigenvalue weighted by Gasteiger charge is 2.23. The van der Waals surface area contributed by atoms with Crippen molar-refractivity contribution in [3.63, 3.8) is 0 Å². The Labute approximate surface area is 117 Å². The molecule has 1 aromatic carbocycles. The van der Waals surface area contributed by atoms with Gasteiger partial charge >= 0.3 is 0 Å². The van der Waals surface area contributed by atoms with E-state index >= 15 is 0 Å². The Kier molecular flexibility index (Phi) is 3.60. The summed E-state index contributed by atoms with van der Waals surface area (Å²) in [6.45, 7) is 0. The number of benzene rings is 1. The van der Waals surface area contributed by atoms with Gasteiger partial charge in [0.1, 0.15) is 0 Å². The van der Waals surface area contributed by atoms with Gasteiger partial charge in [0.15, 0.2) is 0 Å². The first-order chi connectivity index (χ1) is 9.74. The highest BCUT2D eigenvalue weighted by Crippen LogP contribution is 2.18. The van der Waals surface area contributed by atoms with Crippen molar-refractivity contribution < 1.29 is 4.79 Å². The van der Waals surface area contributed by atoms with Crippen molar-refractivity contribution in [3.05, 3.63) is 36.2 Å². The summed E-state index contributed by atoms with van der Waals surface area (Å²) in [7, 11) is 0. The van der Waals surface area contributed by atoms with E-state index < -0.39 is 0 Å². The molecule has 1 fully saturated rings. The standard InChI is InChI=1S/C15H18N4O/c16-11-3-1-2-4-12(11)19-15(20)10-5-6-13-14(9-10)18-8-7-17-13/h5-9,11-12H,1-4,16H2,(H,19,20). The van der Waals surface area contributed by atoms with Gasteiger partial charge in [0, 0.05) is 30.0 Å². The number of fused-ring (bicyclic) bond motifs is 1. The Bertz CT molecular complexity index is 628. The summed E-state index contributed by atoms with van der Waals surface area (Å²) in [5.74, 6) is -0.0834. The molecule has 1 saturated carbocycles. The molecule has 2 aromatic rings. The van der Waals surface area contributed by atoms with Crippen LogP contribution in [0.3, 0.4) is 0 Å². The smallest absolute Gasteiger partial charge is 0.251 e. The summed E-state index contributed by atoms with van der Waals surface area (Å²) in [6.07, 6.45) is 7.49. The normalized spacial score (nSPS) is 22.6. The second-order valence-electron chi connectivity index (χ2n) is 5.29. The Balaban J connectivity index is 1.78. The first kappa shape index (κ1) is 13.0. The SMILES string of the molecule is NC1CCCCC1NC(=O)c1ccc2nccnc2c1. The van der Waals surface area contributed by atoms with Crippen LogP contribution < -0.4 is 11.1 Å². The number of nitrogens with two attached hydrogens (primary N) is 1. The van der Waals surface area contributed by atoms with E-state index in [1.807, 2.05) is 6.07 Å². The number of amides is 1. The van der Waals surface area contributed by atoms with E-state index in [-0.39, 0.29) is 18.0 Å². The van der Waals surface area contributed by atoms with Crippen LogP contribution in [-0.4, -0.2) is 28.0 Å². The molecule has 2 unspecified atom stereocenters. The molecule has 2 atom stereocenters. The molecule has 3 rings (SSSR count). The van der Waals surface area contributed by atoms with Crippen LogP contribution in [-0.2, 0) is 0 Å². The monoisotopic (exact) mass is 270 g/mol. The third-order valence-corrected chi connectivity index (χ3v) is 3.87. The van der Waals surface area contributed by atoms with E-state index in [0.29, 0.717) is 5.56 Å². The molecule has 1 heterocycles. The van der Waals surface area contributed by atoms with Gasteiger partial charge in [0.05, 0.1) is 11.0 Å². The fourth-order valence-corrected chi connectivity index (χ4v) is 2.69. The van der Waals surface area contributed by atoms with Gasteiger partial charge in [0.25, 0.3) is 5.91 Å². The molecule has 5 heteroatoms. The molecule has 0 aliphatic heterocycles. The number of aromatic nitrogens is 2. The lowest BCUT2D eigenvalue weighted by Crippen LogP contribution is -2.49. The number of rotatable bonds is 2. The molecular formula is C15H18N4O. The topological polar surface area (TPSA) is 80.9 Å². The van der Waals surface area contributed by atoms with Crippen LogP contribution in [0.25, 0.3) is 11.0 Å². The van der Waals surface area contributed by atoms with Crippen molar-refractivity contribution >= 4 is 16.9 Å². The average Bonchev–Trinajstić information content (AvgIpc) is 2.49. The maximum atomic E-state index is 12.3. The van der Waals surface area contributed by atoms with E-state index in [1.165, 1.54) is 0 Å². The van der Waals surface area contributed by atoms with Gasteiger partial charge in [-0.1, -0.05) is 12.8 Å². The molecule has 1 aromatic heterocycles. The molecule has 1 aliphatic rings. The molecule has 0 saturated heterocycles. The number of nitrogens with one attached hydrogen (secondary N) is 1. The van der Waals surface area contributed by atoms with Gasteiger partial charge in [-0.25, -0.2) is 0 Å². The lowest BCUT2D eigenvalue weighted by atomic mass is 9.91. The molecule has 1 amide bonds. The lowest BCUT2D eigenvalue weighted by molar-refractivity contribution is 0.0921. The van der Waals surface area contributed by atoms with Crippen molar-refractivity contribution in [2.45, 2.75) is 37.8 Å². The molecule has 104 valence electrons. The van der Waals surface area contributed by atoms with E-state index in [9.17, 15) is 4.79 Å². The van der Waals surface area contributed by atoms with Crippen LogP contribution in [0.5, 0.6) is 0 Å².